The highest BCUT2D eigenvalue weighted by molar-refractivity contribution is 7.85. The van der Waals surface area contributed by atoms with Gasteiger partial charge in [-0.2, -0.15) is 0 Å². The van der Waals surface area contributed by atoms with Crippen LogP contribution in [-0.4, -0.2) is 44.5 Å². The van der Waals surface area contributed by atoms with Gasteiger partial charge >= 0.3 is 11.9 Å². The van der Waals surface area contributed by atoms with E-state index >= 15 is 0 Å². The lowest BCUT2D eigenvalue weighted by Crippen LogP contribution is -2.20. The Bertz CT molecular complexity index is 938. The highest BCUT2D eigenvalue weighted by Crippen LogP contribution is 2.23. The zero-order valence-corrected chi connectivity index (χ0v) is 16.6. The molecule has 0 saturated heterocycles. The Hall–Kier alpha value is -2.85. The fourth-order valence-electron chi connectivity index (χ4n) is 2.17. The van der Waals surface area contributed by atoms with Crippen molar-refractivity contribution in [3.63, 3.8) is 0 Å². The monoisotopic (exact) mass is 422 g/mol. The van der Waals surface area contributed by atoms with Crippen LogP contribution in [0.1, 0.15) is 31.3 Å². The molecule has 1 atom stereocenters. The van der Waals surface area contributed by atoms with Crippen molar-refractivity contribution in [2.24, 2.45) is 0 Å². The van der Waals surface area contributed by atoms with Crippen molar-refractivity contribution in [3.05, 3.63) is 58.6 Å². The number of carbonyl (C=O) groups is 3. The number of aromatic nitrogens is 1. The summed E-state index contributed by atoms with van der Waals surface area (Å²) in [6.07, 6.45) is 1.44. The van der Waals surface area contributed by atoms with Gasteiger partial charge in [-0.05, 0) is 24.6 Å². The van der Waals surface area contributed by atoms with Crippen LogP contribution < -0.4 is 5.32 Å². The van der Waals surface area contributed by atoms with E-state index in [1.807, 2.05) is 0 Å². The minimum atomic E-state index is -1.54. The van der Waals surface area contributed by atoms with Crippen molar-refractivity contribution in [3.8, 4) is 0 Å². The van der Waals surface area contributed by atoms with E-state index in [4.69, 9.17) is 9.84 Å². The van der Waals surface area contributed by atoms with Gasteiger partial charge in [-0.3, -0.25) is 9.00 Å². The zero-order valence-electron chi connectivity index (χ0n) is 15.0. The number of carbonyl (C=O) groups excluding carboxylic acids is 2. The molecule has 1 aromatic carbocycles. The van der Waals surface area contributed by atoms with Crippen LogP contribution in [-0.2, 0) is 26.1 Å². The lowest BCUT2D eigenvalue weighted by molar-refractivity contribution is -0.113. The number of nitrogens with zero attached hydrogens (tertiary/aromatic N) is 1. The predicted octanol–water partition coefficient (Wildman–Crippen LogP) is 2.38. The number of esters is 1. The van der Waals surface area contributed by atoms with Gasteiger partial charge in [-0.25, -0.2) is 14.6 Å². The van der Waals surface area contributed by atoms with E-state index in [9.17, 15) is 18.6 Å². The molecule has 8 nitrogen and oxygen atoms in total. The molecule has 0 saturated carbocycles. The summed E-state index contributed by atoms with van der Waals surface area (Å²) < 4.78 is 17.1. The second-order valence-electron chi connectivity index (χ2n) is 5.60. The fraction of sp³-hybridized carbons (Fsp3) is 0.222. The molecule has 28 heavy (non-hydrogen) atoms. The number of ether oxygens (including phenoxy) is 1. The summed E-state index contributed by atoms with van der Waals surface area (Å²) in [6.45, 7) is 5.14. The molecule has 1 aromatic heterocycles. The molecule has 0 aliphatic carbocycles. The van der Waals surface area contributed by atoms with Gasteiger partial charge in [0.25, 0.3) is 0 Å². The van der Waals surface area contributed by atoms with Crippen LogP contribution in [0.4, 0.5) is 5.13 Å². The number of anilines is 1. The molecular weight excluding hydrogens is 404 g/mol. The van der Waals surface area contributed by atoms with Gasteiger partial charge in [-0.1, -0.05) is 36.1 Å². The van der Waals surface area contributed by atoms with Crippen LogP contribution in [0.5, 0.6) is 0 Å². The number of benzene rings is 1. The molecule has 0 fully saturated rings. The first kappa shape index (κ1) is 21.5. The smallest absolute Gasteiger partial charge is 0.350 e. The fourth-order valence-corrected chi connectivity index (χ4v) is 4.07. The third-order valence-corrected chi connectivity index (χ3v) is 5.65. The number of thiazole rings is 1. The van der Waals surface area contributed by atoms with Crippen LogP contribution in [0.15, 0.2) is 36.9 Å². The average molecular weight is 422 g/mol. The number of amides is 1. The number of nitrogens with one attached hydrogen (secondary N) is 1. The van der Waals surface area contributed by atoms with E-state index in [1.165, 1.54) is 18.2 Å². The Morgan fingerprint density at radius 2 is 2.14 bits per heavy atom. The maximum Gasteiger partial charge on any atom is 0.350 e. The van der Waals surface area contributed by atoms with Crippen molar-refractivity contribution in [2.45, 2.75) is 12.7 Å². The summed E-state index contributed by atoms with van der Waals surface area (Å²) in [6, 6.07) is 6.06. The first-order valence-corrected chi connectivity index (χ1v) is 10.3. The third-order valence-electron chi connectivity index (χ3n) is 3.35. The van der Waals surface area contributed by atoms with Gasteiger partial charge < -0.3 is 15.2 Å². The van der Waals surface area contributed by atoms with Gasteiger partial charge in [0.15, 0.2) is 5.13 Å². The maximum atomic E-state index is 12.2. The first-order chi connectivity index (χ1) is 13.3. The van der Waals surface area contributed by atoms with Crippen LogP contribution in [0, 0.1) is 6.92 Å². The van der Waals surface area contributed by atoms with Crippen LogP contribution in [0.25, 0.3) is 0 Å². The number of rotatable bonds is 9. The number of hydrogen-bond donors (Lipinski definition) is 2. The highest BCUT2D eigenvalue weighted by Gasteiger charge is 2.18. The van der Waals surface area contributed by atoms with E-state index in [2.05, 4.69) is 16.9 Å². The molecule has 148 valence electrons. The van der Waals surface area contributed by atoms with Gasteiger partial charge in [0.2, 0.25) is 5.91 Å². The standard InChI is InChI=1S/C18H18N2O6S2/c1-3-7-26-17(24)15-11(2)19-18(27-15)20-14(21)10-28(25)9-12-5-4-6-13(8-12)16(22)23/h3-6,8H,1,7,9-10H2,2H3,(H,22,23)(H,19,20,21). The SMILES string of the molecule is C=CCOC(=O)c1sc(NC(=O)CS(=O)Cc2cccc(C(=O)O)c2)nc1C. The quantitative estimate of drug-likeness (QED) is 0.470. The Balaban J connectivity index is 1.94. The van der Waals surface area contributed by atoms with Gasteiger partial charge in [-0.15, -0.1) is 0 Å². The highest BCUT2D eigenvalue weighted by atomic mass is 32.2. The van der Waals surface area contributed by atoms with E-state index in [0.717, 1.165) is 11.3 Å². The molecule has 0 bridgehead atoms. The average Bonchev–Trinajstić information content (AvgIpc) is 2.99. The van der Waals surface area contributed by atoms with E-state index in [-0.39, 0.29) is 33.7 Å². The van der Waals surface area contributed by atoms with E-state index < -0.39 is 28.6 Å². The lowest BCUT2D eigenvalue weighted by atomic mass is 10.1. The minimum Gasteiger partial charge on any atom is -0.478 e. The second kappa shape index (κ2) is 9.90. The molecule has 1 unspecified atom stereocenters. The molecule has 2 N–H and O–H groups in total. The van der Waals surface area contributed by atoms with Crippen molar-refractivity contribution >= 4 is 45.1 Å². The Kier molecular flexibility index (Phi) is 7.59. The maximum absolute atomic E-state index is 12.2. The largest absolute Gasteiger partial charge is 0.478 e. The van der Waals surface area contributed by atoms with Crippen molar-refractivity contribution in [1.82, 2.24) is 4.98 Å². The van der Waals surface area contributed by atoms with Gasteiger partial charge in [0.05, 0.1) is 11.3 Å². The number of carboxylic acid groups (broad SMARTS) is 1. The molecular formula is C18H18N2O6S2. The summed E-state index contributed by atoms with van der Waals surface area (Å²) in [5.41, 5.74) is 1.07. The molecule has 2 aromatic rings. The molecule has 10 heteroatoms. The van der Waals surface area contributed by atoms with Crippen LogP contribution in [0.3, 0.4) is 0 Å². The molecule has 2 rings (SSSR count). The molecule has 0 aliphatic heterocycles. The Morgan fingerprint density at radius 1 is 1.39 bits per heavy atom. The molecule has 1 heterocycles. The summed E-state index contributed by atoms with van der Waals surface area (Å²) in [7, 11) is -1.54. The summed E-state index contributed by atoms with van der Waals surface area (Å²) in [4.78, 5) is 39.3. The van der Waals surface area contributed by atoms with E-state index in [1.54, 1.807) is 19.1 Å². The summed E-state index contributed by atoms with van der Waals surface area (Å²) in [5.74, 6) is -2.40. The lowest BCUT2D eigenvalue weighted by Gasteiger charge is -2.04. The Morgan fingerprint density at radius 3 is 2.82 bits per heavy atom. The van der Waals surface area contributed by atoms with Crippen molar-refractivity contribution in [2.75, 3.05) is 17.7 Å². The van der Waals surface area contributed by atoms with Gasteiger partial charge in [0.1, 0.15) is 17.2 Å². The van der Waals surface area contributed by atoms with Gasteiger partial charge in [0, 0.05) is 16.6 Å². The Labute approximate surface area is 167 Å². The number of aromatic carboxylic acids is 1. The van der Waals surface area contributed by atoms with Crippen molar-refractivity contribution in [1.29, 1.82) is 0 Å². The summed E-state index contributed by atoms with van der Waals surface area (Å²) in [5, 5.41) is 11.7. The molecule has 0 radical (unpaired) electrons. The molecule has 1 amide bonds. The third kappa shape index (κ3) is 6.10. The van der Waals surface area contributed by atoms with E-state index in [0.29, 0.717) is 11.3 Å². The minimum absolute atomic E-state index is 0.0462. The first-order valence-electron chi connectivity index (χ1n) is 8.02. The number of aryl methyl sites for hydroxylation is 1. The van der Waals surface area contributed by atoms with Crippen molar-refractivity contribution < 1.29 is 28.4 Å². The normalized spacial score (nSPS) is 11.5. The van der Waals surface area contributed by atoms with Crippen LogP contribution in [0.2, 0.25) is 0 Å². The second-order valence-corrected chi connectivity index (χ2v) is 8.06. The summed E-state index contributed by atoms with van der Waals surface area (Å²) >= 11 is 0.966. The zero-order chi connectivity index (χ0) is 20.7. The predicted molar refractivity (Wildman–Crippen MR) is 106 cm³/mol. The molecule has 0 spiro atoms. The number of hydrogen-bond acceptors (Lipinski definition) is 7. The van der Waals surface area contributed by atoms with Crippen LogP contribution >= 0.6 is 11.3 Å². The molecule has 0 aliphatic rings. The number of carboxylic acids is 1. The topological polar surface area (TPSA) is 123 Å².